The molecule has 0 fully saturated rings. The summed E-state index contributed by atoms with van der Waals surface area (Å²) in [6, 6.07) is 12.2. The van der Waals surface area contributed by atoms with E-state index < -0.39 is 11.9 Å². The predicted octanol–water partition coefficient (Wildman–Crippen LogP) is 3.90. The summed E-state index contributed by atoms with van der Waals surface area (Å²) in [7, 11) is 0. The monoisotopic (exact) mass is 405 g/mol. The number of aromatic nitrogens is 2. The van der Waals surface area contributed by atoms with E-state index in [-0.39, 0.29) is 40.9 Å². The molecular weight excluding hydrogens is 388 g/mol. The van der Waals surface area contributed by atoms with E-state index in [0.29, 0.717) is 5.56 Å². The molecule has 1 aromatic heterocycles. The molecule has 1 atom stereocenters. The Bertz CT molecular complexity index is 951. The minimum absolute atomic E-state index is 0.0264. The van der Waals surface area contributed by atoms with Crippen LogP contribution in [0, 0.1) is 11.6 Å². The fraction of sp³-hybridized carbons (Fsp3) is 0.211. The van der Waals surface area contributed by atoms with Crippen molar-refractivity contribution in [1.82, 2.24) is 15.5 Å². The third-order valence-corrected chi connectivity index (χ3v) is 4.49. The Hall–Kier alpha value is -2.94. The van der Waals surface area contributed by atoms with Gasteiger partial charge in [0.2, 0.25) is 5.91 Å². The van der Waals surface area contributed by atoms with Crippen LogP contribution in [0.15, 0.2) is 58.2 Å². The summed E-state index contributed by atoms with van der Waals surface area (Å²) in [5.74, 6) is -0.898. The number of nitrogens with zero attached hydrogens (tertiary/aromatic N) is 2. The van der Waals surface area contributed by atoms with Gasteiger partial charge in [-0.1, -0.05) is 42.1 Å². The highest BCUT2D eigenvalue weighted by Gasteiger charge is 2.18. The molecule has 0 bridgehead atoms. The largest absolute Gasteiger partial charge is 0.478 e. The molecule has 0 spiro atoms. The average molecular weight is 405 g/mol. The Morgan fingerprint density at radius 3 is 2.61 bits per heavy atom. The first-order valence-electron chi connectivity index (χ1n) is 8.40. The van der Waals surface area contributed by atoms with E-state index in [4.69, 9.17) is 9.15 Å². The van der Waals surface area contributed by atoms with E-state index in [1.54, 1.807) is 37.3 Å². The van der Waals surface area contributed by atoms with Crippen molar-refractivity contribution >= 4 is 17.7 Å². The first-order valence-corrected chi connectivity index (χ1v) is 9.39. The molecule has 0 aliphatic carbocycles. The minimum Gasteiger partial charge on any atom is -0.478 e. The van der Waals surface area contributed by atoms with Crippen molar-refractivity contribution in [1.29, 1.82) is 0 Å². The lowest BCUT2D eigenvalue weighted by molar-refractivity contribution is -0.118. The van der Waals surface area contributed by atoms with E-state index in [9.17, 15) is 13.6 Å². The van der Waals surface area contributed by atoms with Crippen LogP contribution in [0.1, 0.15) is 24.5 Å². The lowest BCUT2D eigenvalue weighted by atomic mass is 10.2. The fourth-order valence-corrected chi connectivity index (χ4v) is 2.84. The molecule has 1 amide bonds. The molecule has 146 valence electrons. The highest BCUT2D eigenvalue weighted by molar-refractivity contribution is 7.99. The van der Waals surface area contributed by atoms with Gasteiger partial charge in [0.15, 0.2) is 17.7 Å². The minimum atomic E-state index is -0.659. The maximum atomic E-state index is 13.6. The van der Waals surface area contributed by atoms with Gasteiger partial charge in [-0.15, -0.1) is 10.2 Å². The maximum absolute atomic E-state index is 13.6. The molecule has 3 rings (SSSR count). The van der Waals surface area contributed by atoms with E-state index in [1.165, 1.54) is 18.2 Å². The molecular formula is C19H17F2N3O3S. The van der Waals surface area contributed by atoms with Gasteiger partial charge in [0.1, 0.15) is 5.82 Å². The van der Waals surface area contributed by atoms with Crippen molar-refractivity contribution in [2.45, 2.75) is 24.8 Å². The highest BCUT2D eigenvalue weighted by atomic mass is 32.2. The predicted molar refractivity (Wildman–Crippen MR) is 98.7 cm³/mol. The second-order valence-corrected chi connectivity index (χ2v) is 6.68. The molecule has 9 heteroatoms. The number of carbonyl (C=O) groups excluding carboxylic acids is 1. The Morgan fingerprint density at radius 1 is 1.14 bits per heavy atom. The molecule has 3 aromatic rings. The highest BCUT2D eigenvalue weighted by Crippen LogP contribution is 2.25. The van der Waals surface area contributed by atoms with Gasteiger partial charge in [0.05, 0.1) is 5.75 Å². The molecule has 0 aliphatic rings. The molecule has 1 N–H and O–H groups in total. The van der Waals surface area contributed by atoms with Gasteiger partial charge in [-0.2, -0.15) is 0 Å². The molecule has 1 heterocycles. The molecule has 28 heavy (non-hydrogen) atoms. The van der Waals surface area contributed by atoms with Gasteiger partial charge >= 0.3 is 0 Å². The summed E-state index contributed by atoms with van der Waals surface area (Å²) < 4.78 is 38.1. The number of rotatable bonds is 8. The topological polar surface area (TPSA) is 77.2 Å². The number of amides is 1. The van der Waals surface area contributed by atoms with Gasteiger partial charge < -0.3 is 14.5 Å². The van der Waals surface area contributed by atoms with Gasteiger partial charge in [-0.3, -0.25) is 4.79 Å². The molecule has 0 unspecified atom stereocenters. The molecule has 0 aliphatic heterocycles. The van der Waals surface area contributed by atoms with Crippen molar-refractivity contribution in [3.05, 3.63) is 71.6 Å². The first-order chi connectivity index (χ1) is 13.5. The Balaban J connectivity index is 1.48. The van der Waals surface area contributed by atoms with E-state index in [2.05, 4.69) is 15.5 Å². The van der Waals surface area contributed by atoms with Crippen molar-refractivity contribution < 1.29 is 22.7 Å². The van der Waals surface area contributed by atoms with Gasteiger partial charge in [-0.05, 0) is 25.1 Å². The number of nitrogens with one attached hydrogen (secondary N) is 1. The van der Waals surface area contributed by atoms with Crippen molar-refractivity contribution in [2.24, 2.45) is 0 Å². The van der Waals surface area contributed by atoms with Crippen LogP contribution in [0.3, 0.4) is 0 Å². The summed E-state index contributed by atoms with van der Waals surface area (Å²) in [6.45, 7) is 1.74. The van der Waals surface area contributed by atoms with Gasteiger partial charge in [0, 0.05) is 12.1 Å². The molecule has 0 saturated heterocycles. The van der Waals surface area contributed by atoms with Gasteiger partial charge in [0.25, 0.3) is 11.1 Å². The van der Waals surface area contributed by atoms with E-state index >= 15 is 0 Å². The van der Waals surface area contributed by atoms with Crippen LogP contribution in [0.2, 0.25) is 0 Å². The zero-order valence-electron chi connectivity index (χ0n) is 14.9. The Labute approximate surface area is 164 Å². The van der Waals surface area contributed by atoms with Crippen molar-refractivity contribution in [3.8, 4) is 5.75 Å². The fourth-order valence-electron chi connectivity index (χ4n) is 2.24. The smallest absolute Gasteiger partial charge is 0.277 e. The standard InChI is InChI=1S/C19H17F2N3O3S/c1-12(26-16-9-5-4-8-15(16)21)18-23-24-19(27-18)28-11-17(25)22-10-13-6-2-3-7-14(13)20/h2-9,12H,10-11H2,1H3,(H,22,25)/t12-/m1/s1. The Kier molecular flexibility index (Phi) is 6.59. The normalized spacial score (nSPS) is 11.8. The zero-order chi connectivity index (χ0) is 19.9. The van der Waals surface area contributed by atoms with Crippen LogP contribution >= 0.6 is 11.8 Å². The summed E-state index contributed by atoms with van der Waals surface area (Å²) in [5, 5.41) is 10.5. The lowest BCUT2D eigenvalue weighted by Gasteiger charge is -2.11. The third kappa shape index (κ3) is 5.29. The Morgan fingerprint density at radius 2 is 1.86 bits per heavy atom. The quantitative estimate of drug-likeness (QED) is 0.573. The van der Waals surface area contributed by atoms with Crippen LogP contribution in [-0.2, 0) is 11.3 Å². The number of carbonyl (C=O) groups is 1. The number of hydrogen-bond acceptors (Lipinski definition) is 6. The summed E-state index contributed by atoms with van der Waals surface area (Å²) >= 11 is 1.04. The van der Waals surface area contributed by atoms with Crippen molar-refractivity contribution in [3.63, 3.8) is 0 Å². The summed E-state index contributed by atoms with van der Waals surface area (Å²) in [5.41, 5.74) is 0.403. The zero-order valence-corrected chi connectivity index (χ0v) is 15.7. The lowest BCUT2D eigenvalue weighted by Crippen LogP contribution is -2.25. The molecule has 2 aromatic carbocycles. The van der Waals surface area contributed by atoms with E-state index in [0.717, 1.165) is 11.8 Å². The second kappa shape index (κ2) is 9.32. The molecule has 0 saturated carbocycles. The maximum Gasteiger partial charge on any atom is 0.277 e. The SMILES string of the molecule is C[C@@H](Oc1ccccc1F)c1nnc(SCC(=O)NCc2ccccc2F)o1. The van der Waals surface area contributed by atoms with Crippen LogP contribution in [-0.4, -0.2) is 21.9 Å². The third-order valence-electron chi connectivity index (χ3n) is 3.67. The van der Waals surface area contributed by atoms with Crippen molar-refractivity contribution in [2.75, 3.05) is 5.75 Å². The number of thioether (sulfide) groups is 1. The summed E-state index contributed by atoms with van der Waals surface area (Å²) in [4.78, 5) is 11.9. The number of para-hydroxylation sites is 1. The number of hydrogen-bond donors (Lipinski definition) is 1. The second-order valence-electron chi connectivity index (χ2n) is 5.75. The number of benzene rings is 2. The van der Waals surface area contributed by atoms with E-state index in [1.807, 2.05) is 0 Å². The molecule has 0 radical (unpaired) electrons. The first kappa shape index (κ1) is 19.8. The van der Waals surface area contributed by atoms with Gasteiger partial charge in [-0.25, -0.2) is 8.78 Å². The average Bonchev–Trinajstić information content (AvgIpc) is 3.17. The summed E-state index contributed by atoms with van der Waals surface area (Å²) in [6.07, 6.45) is -0.659. The van der Waals surface area contributed by atoms with Crippen LogP contribution in [0.25, 0.3) is 0 Å². The van der Waals surface area contributed by atoms with Crippen LogP contribution in [0.4, 0.5) is 8.78 Å². The number of halogens is 2. The molecule has 6 nitrogen and oxygen atoms in total. The van der Waals surface area contributed by atoms with Crippen LogP contribution in [0.5, 0.6) is 5.75 Å². The number of ether oxygens (including phenoxy) is 1. The van der Waals surface area contributed by atoms with Crippen LogP contribution < -0.4 is 10.1 Å².